The number of carbonyl (C=O) groups is 1. The highest BCUT2D eigenvalue weighted by Crippen LogP contribution is 2.34. The lowest BCUT2D eigenvalue weighted by Gasteiger charge is -2.11. The smallest absolute Gasteiger partial charge is 0.348 e. The number of nitriles is 1. The molecule has 7 heteroatoms. The Balaban J connectivity index is 0.00000176. The van der Waals surface area contributed by atoms with Crippen LogP contribution in [0.15, 0.2) is 18.2 Å². The highest BCUT2D eigenvalue weighted by atomic mass is 32.1. The van der Waals surface area contributed by atoms with Gasteiger partial charge < -0.3 is 19.5 Å². The summed E-state index contributed by atoms with van der Waals surface area (Å²) >= 11 is 1.23. The molecule has 0 fully saturated rings. The highest BCUT2D eigenvalue weighted by molar-refractivity contribution is 7.18. The van der Waals surface area contributed by atoms with E-state index in [1.807, 2.05) is 26.0 Å². The number of ether oxygens (including phenoxy) is 3. The zero-order valence-electron chi connectivity index (χ0n) is 16.6. The van der Waals surface area contributed by atoms with Gasteiger partial charge in [-0.25, -0.2) is 4.79 Å². The number of carbonyl (C=O) groups excluding carboxylic acids is 1. The molecule has 1 aromatic heterocycles. The Kier molecular flexibility index (Phi) is 9.17. The average molecular weight is 391 g/mol. The van der Waals surface area contributed by atoms with Crippen LogP contribution in [-0.2, 0) is 11.3 Å². The molecule has 6 nitrogen and oxygen atoms in total. The van der Waals surface area contributed by atoms with E-state index in [1.165, 1.54) is 11.3 Å². The summed E-state index contributed by atoms with van der Waals surface area (Å²) in [6.45, 7) is 8.25. The number of benzene rings is 1. The first-order valence-corrected chi connectivity index (χ1v) is 9.52. The van der Waals surface area contributed by atoms with E-state index in [2.05, 4.69) is 11.4 Å². The second-order valence-electron chi connectivity index (χ2n) is 5.12. The van der Waals surface area contributed by atoms with Crippen LogP contribution in [0.4, 0.5) is 5.00 Å². The molecule has 0 atom stereocenters. The van der Waals surface area contributed by atoms with Crippen molar-refractivity contribution < 1.29 is 19.0 Å². The van der Waals surface area contributed by atoms with Gasteiger partial charge in [-0.1, -0.05) is 13.8 Å². The van der Waals surface area contributed by atoms with Crippen LogP contribution in [0, 0.1) is 18.3 Å². The molecule has 0 saturated carbocycles. The van der Waals surface area contributed by atoms with Crippen LogP contribution in [0.3, 0.4) is 0 Å². The Bertz CT molecular complexity index is 809. The summed E-state index contributed by atoms with van der Waals surface area (Å²) in [7, 11) is 3.18. The standard InChI is InChI=1S/C18H20N2O4S.C2H6/c1-5-24-18(21)16-11(2)14(9-19)17(25-16)20-10-12-6-7-13(22-3)8-15(12)23-4;1-2/h6-8,20H,5,10H2,1-4H3;1-2H3. The molecule has 0 unspecified atom stereocenters. The van der Waals surface area contributed by atoms with E-state index >= 15 is 0 Å². The lowest BCUT2D eigenvalue weighted by Crippen LogP contribution is -2.03. The Morgan fingerprint density at radius 1 is 1.26 bits per heavy atom. The third kappa shape index (κ3) is 5.38. The van der Waals surface area contributed by atoms with Gasteiger partial charge in [0.1, 0.15) is 27.4 Å². The topological polar surface area (TPSA) is 80.6 Å². The van der Waals surface area contributed by atoms with Crippen LogP contribution >= 0.6 is 11.3 Å². The zero-order valence-corrected chi connectivity index (χ0v) is 17.5. The minimum atomic E-state index is -0.406. The average Bonchev–Trinajstić information content (AvgIpc) is 3.03. The summed E-state index contributed by atoms with van der Waals surface area (Å²) in [4.78, 5) is 12.5. The van der Waals surface area contributed by atoms with Crippen LogP contribution in [0.5, 0.6) is 11.5 Å². The molecular weight excluding hydrogens is 364 g/mol. The van der Waals surface area contributed by atoms with Crippen molar-refractivity contribution in [2.75, 3.05) is 26.1 Å². The predicted molar refractivity (Wildman–Crippen MR) is 108 cm³/mol. The number of hydrogen-bond donors (Lipinski definition) is 1. The van der Waals surface area contributed by atoms with Gasteiger partial charge >= 0.3 is 5.97 Å². The molecule has 0 saturated heterocycles. The summed E-state index contributed by atoms with van der Waals surface area (Å²) < 4.78 is 15.6. The van der Waals surface area contributed by atoms with Gasteiger partial charge in [0, 0.05) is 18.2 Å². The molecule has 0 aliphatic carbocycles. The first-order chi connectivity index (χ1) is 13.0. The summed E-state index contributed by atoms with van der Waals surface area (Å²) in [5.74, 6) is 0.982. The monoisotopic (exact) mass is 390 g/mol. The quantitative estimate of drug-likeness (QED) is 0.687. The number of esters is 1. The maximum atomic E-state index is 12.0. The number of thiophene rings is 1. The van der Waals surface area contributed by atoms with Crippen molar-refractivity contribution in [3.05, 3.63) is 39.8 Å². The molecular formula is C20H26N2O4S. The molecule has 0 bridgehead atoms. The molecule has 1 aromatic carbocycles. The predicted octanol–water partition coefficient (Wildman–Crippen LogP) is 4.76. The number of hydrogen-bond acceptors (Lipinski definition) is 7. The fourth-order valence-corrected chi connectivity index (χ4v) is 3.38. The van der Waals surface area contributed by atoms with E-state index in [9.17, 15) is 10.1 Å². The summed E-state index contributed by atoms with van der Waals surface area (Å²) in [5, 5.41) is 13.3. The SMILES string of the molecule is CC.CCOC(=O)c1sc(NCc2ccc(OC)cc2OC)c(C#N)c1C. The molecule has 0 spiro atoms. The second-order valence-corrected chi connectivity index (χ2v) is 6.14. The number of nitrogens with one attached hydrogen (secondary N) is 1. The van der Waals surface area contributed by atoms with Crippen LogP contribution in [-0.4, -0.2) is 26.8 Å². The minimum absolute atomic E-state index is 0.296. The molecule has 2 aromatic rings. The molecule has 0 amide bonds. The minimum Gasteiger partial charge on any atom is -0.497 e. The number of nitrogens with zero attached hydrogens (tertiary/aromatic N) is 1. The number of anilines is 1. The molecule has 1 N–H and O–H groups in total. The molecule has 2 rings (SSSR count). The Hall–Kier alpha value is -2.72. The van der Waals surface area contributed by atoms with E-state index in [4.69, 9.17) is 14.2 Å². The molecule has 146 valence electrons. The Morgan fingerprint density at radius 3 is 2.52 bits per heavy atom. The highest BCUT2D eigenvalue weighted by Gasteiger charge is 2.21. The molecule has 0 aliphatic heterocycles. The van der Waals surface area contributed by atoms with Crippen molar-refractivity contribution in [1.29, 1.82) is 5.26 Å². The lowest BCUT2D eigenvalue weighted by atomic mass is 10.1. The fraction of sp³-hybridized carbons (Fsp3) is 0.400. The van der Waals surface area contributed by atoms with E-state index in [-0.39, 0.29) is 0 Å². The van der Waals surface area contributed by atoms with Crippen molar-refractivity contribution >= 4 is 22.3 Å². The van der Waals surface area contributed by atoms with Gasteiger partial charge in [0.2, 0.25) is 0 Å². The van der Waals surface area contributed by atoms with E-state index in [0.717, 1.165) is 5.56 Å². The molecule has 1 heterocycles. The van der Waals surface area contributed by atoms with Crippen LogP contribution in [0.25, 0.3) is 0 Å². The van der Waals surface area contributed by atoms with Crippen LogP contribution < -0.4 is 14.8 Å². The first kappa shape index (κ1) is 22.3. The van der Waals surface area contributed by atoms with Gasteiger partial charge in [0.05, 0.1) is 26.4 Å². The molecule has 27 heavy (non-hydrogen) atoms. The summed E-state index contributed by atoms with van der Waals surface area (Å²) in [6, 6.07) is 7.68. The maximum absolute atomic E-state index is 12.0. The molecule has 0 aliphatic rings. The number of rotatable bonds is 7. The maximum Gasteiger partial charge on any atom is 0.348 e. The van der Waals surface area contributed by atoms with Crippen molar-refractivity contribution in [1.82, 2.24) is 0 Å². The second kappa shape index (κ2) is 11.1. The van der Waals surface area contributed by atoms with Crippen molar-refractivity contribution in [3.63, 3.8) is 0 Å². The lowest BCUT2D eigenvalue weighted by molar-refractivity contribution is 0.0531. The van der Waals surface area contributed by atoms with Gasteiger partial charge in [-0.2, -0.15) is 5.26 Å². The summed E-state index contributed by atoms with van der Waals surface area (Å²) in [6.07, 6.45) is 0. The van der Waals surface area contributed by atoms with E-state index in [1.54, 1.807) is 34.1 Å². The van der Waals surface area contributed by atoms with Crippen molar-refractivity contribution in [3.8, 4) is 17.6 Å². The number of methoxy groups -OCH3 is 2. The van der Waals surface area contributed by atoms with Crippen LogP contribution in [0.1, 0.15) is 47.1 Å². The van der Waals surface area contributed by atoms with Gasteiger partial charge in [-0.3, -0.25) is 0 Å². The van der Waals surface area contributed by atoms with Crippen molar-refractivity contribution in [2.24, 2.45) is 0 Å². The largest absolute Gasteiger partial charge is 0.497 e. The van der Waals surface area contributed by atoms with E-state index in [0.29, 0.717) is 45.7 Å². The normalized spacial score (nSPS) is 9.52. The molecule has 0 radical (unpaired) electrons. The fourth-order valence-electron chi connectivity index (χ4n) is 2.34. The van der Waals surface area contributed by atoms with Crippen molar-refractivity contribution in [2.45, 2.75) is 34.2 Å². The first-order valence-electron chi connectivity index (χ1n) is 8.71. The Morgan fingerprint density at radius 2 is 1.96 bits per heavy atom. The van der Waals surface area contributed by atoms with Crippen LogP contribution in [0.2, 0.25) is 0 Å². The zero-order chi connectivity index (χ0) is 20.4. The summed E-state index contributed by atoms with van der Waals surface area (Å²) in [5.41, 5.74) is 2.01. The Labute approximate surface area is 164 Å². The van der Waals surface area contributed by atoms with Gasteiger partial charge in [0.15, 0.2) is 0 Å². The third-order valence-corrected chi connectivity index (χ3v) is 4.88. The van der Waals surface area contributed by atoms with Gasteiger partial charge in [-0.15, -0.1) is 11.3 Å². The van der Waals surface area contributed by atoms with Gasteiger partial charge in [0.25, 0.3) is 0 Å². The van der Waals surface area contributed by atoms with E-state index < -0.39 is 5.97 Å². The van der Waals surface area contributed by atoms with Gasteiger partial charge in [-0.05, 0) is 31.5 Å². The third-order valence-electron chi connectivity index (χ3n) is 3.65.